The van der Waals surface area contributed by atoms with E-state index in [-0.39, 0.29) is 5.91 Å². The highest BCUT2D eigenvalue weighted by molar-refractivity contribution is 6.00. The highest BCUT2D eigenvalue weighted by Crippen LogP contribution is 2.27. The van der Waals surface area contributed by atoms with Crippen molar-refractivity contribution < 1.29 is 9.59 Å². The second-order valence-corrected chi connectivity index (χ2v) is 4.62. The van der Waals surface area contributed by atoms with Crippen molar-refractivity contribution >= 4 is 11.8 Å². The summed E-state index contributed by atoms with van der Waals surface area (Å²) >= 11 is 0. The van der Waals surface area contributed by atoms with E-state index in [1.807, 2.05) is 0 Å². The number of benzene rings is 1. The third-order valence-corrected chi connectivity index (χ3v) is 3.52. The van der Waals surface area contributed by atoms with E-state index in [0.717, 1.165) is 43.2 Å². The summed E-state index contributed by atoms with van der Waals surface area (Å²) in [7, 11) is 1.62. The Balaban J connectivity index is 2.59. The summed E-state index contributed by atoms with van der Waals surface area (Å²) in [6.07, 6.45) is 4.90. The molecule has 0 unspecified atom stereocenters. The Bertz CT molecular complexity index is 495. The average molecular weight is 246 g/mol. The van der Waals surface area contributed by atoms with Crippen LogP contribution in [0.5, 0.6) is 0 Å². The molecule has 0 aromatic heterocycles. The predicted molar refractivity (Wildman–Crippen MR) is 69.6 cm³/mol. The lowest BCUT2D eigenvalue weighted by atomic mass is 9.92. The summed E-state index contributed by atoms with van der Waals surface area (Å²) < 4.78 is 0. The Hall–Kier alpha value is -1.84. The molecule has 4 heteroatoms. The van der Waals surface area contributed by atoms with E-state index >= 15 is 0 Å². The second kappa shape index (κ2) is 5.21. The van der Waals surface area contributed by atoms with E-state index in [1.165, 1.54) is 0 Å². The number of hydrogen-bond acceptors (Lipinski definition) is 2. The molecule has 3 N–H and O–H groups in total. The SMILES string of the molecule is CNC(=O)c1ccc(C(N)=O)c2c1CCCCC2. The van der Waals surface area contributed by atoms with Gasteiger partial charge in [0.15, 0.2) is 0 Å². The van der Waals surface area contributed by atoms with Gasteiger partial charge in [0.1, 0.15) is 0 Å². The molecule has 2 amide bonds. The van der Waals surface area contributed by atoms with Crippen LogP contribution >= 0.6 is 0 Å². The zero-order valence-electron chi connectivity index (χ0n) is 10.6. The molecule has 1 aromatic carbocycles. The van der Waals surface area contributed by atoms with Gasteiger partial charge in [0.05, 0.1) is 0 Å². The number of hydrogen-bond donors (Lipinski definition) is 2. The van der Waals surface area contributed by atoms with Gasteiger partial charge in [-0.3, -0.25) is 9.59 Å². The molecule has 0 heterocycles. The number of amides is 2. The van der Waals surface area contributed by atoms with Crippen molar-refractivity contribution in [3.63, 3.8) is 0 Å². The molecule has 0 spiro atoms. The summed E-state index contributed by atoms with van der Waals surface area (Å²) in [6, 6.07) is 3.39. The largest absolute Gasteiger partial charge is 0.366 e. The Kier molecular flexibility index (Phi) is 3.65. The summed E-state index contributed by atoms with van der Waals surface area (Å²) in [5, 5.41) is 2.65. The normalized spacial score (nSPS) is 14.5. The lowest BCUT2D eigenvalue weighted by Crippen LogP contribution is -2.22. The predicted octanol–water partition coefficient (Wildman–Crippen LogP) is 1.41. The minimum absolute atomic E-state index is 0.0934. The number of fused-ring (bicyclic) bond motifs is 1. The summed E-state index contributed by atoms with van der Waals surface area (Å²) in [5.41, 5.74) is 8.63. The topological polar surface area (TPSA) is 72.2 Å². The van der Waals surface area contributed by atoms with Crippen molar-refractivity contribution in [3.05, 3.63) is 34.4 Å². The molecule has 0 saturated carbocycles. The summed E-state index contributed by atoms with van der Waals surface area (Å²) in [4.78, 5) is 23.3. The fourth-order valence-corrected chi connectivity index (χ4v) is 2.62. The van der Waals surface area contributed by atoms with Crippen molar-refractivity contribution in [1.29, 1.82) is 0 Å². The number of rotatable bonds is 2. The number of nitrogens with one attached hydrogen (secondary N) is 1. The third kappa shape index (κ3) is 2.23. The molecular weight excluding hydrogens is 228 g/mol. The smallest absolute Gasteiger partial charge is 0.251 e. The maximum Gasteiger partial charge on any atom is 0.251 e. The van der Waals surface area contributed by atoms with Gasteiger partial charge in [0.25, 0.3) is 5.91 Å². The molecule has 0 saturated heterocycles. The standard InChI is InChI=1S/C14H18N2O2/c1-16-14(18)12-8-7-11(13(15)17)9-5-3-2-4-6-10(9)12/h7-8H,2-6H2,1H3,(H2,15,17)(H,16,18). The summed E-state index contributed by atoms with van der Waals surface area (Å²) in [6.45, 7) is 0. The monoisotopic (exact) mass is 246 g/mol. The van der Waals surface area contributed by atoms with Crippen LogP contribution in [0.4, 0.5) is 0 Å². The quantitative estimate of drug-likeness (QED) is 0.774. The van der Waals surface area contributed by atoms with Crippen LogP contribution in [0.25, 0.3) is 0 Å². The van der Waals surface area contributed by atoms with E-state index in [9.17, 15) is 9.59 Å². The first-order valence-electron chi connectivity index (χ1n) is 6.31. The zero-order chi connectivity index (χ0) is 13.1. The summed E-state index contributed by atoms with van der Waals surface area (Å²) in [5.74, 6) is -0.499. The maximum absolute atomic E-state index is 11.9. The molecule has 1 aliphatic carbocycles. The van der Waals surface area contributed by atoms with E-state index in [1.54, 1.807) is 19.2 Å². The van der Waals surface area contributed by atoms with Crippen LogP contribution in [0.3, 0.4) is 0 Å². The first-order valence-corrected chi connectivity index (χ1v) is 6.31. The second-order valence-electron chi connectivity index (χ2n) is 4.62. The Morgan fingerprint density at radius 2 is 1.61 bits per heavy atom. The Morgan fingerprint density at radius 3 is 2.17 bits per heavy atom. The van der Waals surface area contributed by atoms with E-state index in [0.29, 0.717) is 11.1 Å². The highest BCUT2D eigenvalue weighted by Gasteiger charge is 2.20. The molecule has 1 aromatic rings. The fourth-order valence-electron chi connectivity index (χ4n) is 2.62. The van der Waals surface area contributed by atoms with Gasteiger partial charge >= 0.3 is 0 Å². The van der Waals surface area contributed by atoms with Crippen LogP contribution in [0.2, 0.25) is 0 Å². The number of primary amides is 1. The molecule has 18 heavy (non-hydrogen) atoms. The molecule has 0 fully saturated rings. The van der Waals surface area contributed by atoms with Crippen molar-refractivity contribution in [2.75, 3.05) is 7.05 Å². The van der Waals surface area contributed by atoms with Crippen molar-refractivity contribution in [3.8, 4) is 0 Å². The zero-order valence-corrected chi connectivity index (χ0v) is 10.6. The van der Waals surface area contributed by atoms with Crippen LogP contribution in [-0.2, 0) is 12.8 Å². The molecule has 96 valence electrons. The van der Waals surface area contributed by atoms with Gasteiger partial charge in [-0.1, -0.05) is 6.42 Å². The first-order chi connectivity index (χ1) is 8.65. The van der Waals surface area contributed by atoms with E-state index in [4.69, 9.17) is 5.73 Å². The van der Waals surface area contributed by atoms with Gasteiger partial charge in [-0.2, -0.15) is 0 Å². The molecule has 1 aliphatic rings. The van der Waals surface area contributed by atoms with Gasteiger partial charge < -0.3 is 11.1 Å². The Labute approximate surface area is 107 Å². The molecular formula is C14H18N2O2. The third-order valence-electron chi connectivity index (χ3n) is 3.52. The molecule has 4 nitrogen and oxygen atoms in total. The minimum Gasteiger partial charge on any atom is -0.366 e. The van der Waals surface area contributed by atoms with Gasteiger partial charge in [0.2, 0.25) is 5.91 Å². The van der Waals surface area contributed by atoms with Crippen molar-refractivity contribution in [2.24, 2.45) is 5.73 Å². The lowest BCUT2D eigenvalue weighted by molar-refractivity contribution is 0.0958. The first kappa shape index (κ1) is 12.6. The number of carbonyl (C=O) groups is 2. The van der Waals surface area contributed by atoms with E-state index in [2.05, 4.69) is 5.32 Å². The molecule has 0 atom stereocenters. The number of carbonyl (C=O) groups excluding carboxylic acids is 2. The highest BCUT2D eigenvalue weighted by atomic mass is 16.2. The Morgan fingerprint density at radius 1 is 1.06 bits per heavy atom. The van der Waals surface area contributed by atoms with E-state index < -0.39 is 5.91 Å². The maximum atomic E-state index is 11.9. The van der Waals surface area contributed by atoms with Gasteiger partial charge in [-0.05, 0) is 48.9 Å². The van der Waals surface area contributed by atoms with Crippen LogP contribution in [0.15, 0.2) is 12.1 Å². The van der Waals surface area contributed by atoms with Crippen LogP contribution < -0.4 is 11.1 Å². The van der Waals surface area contributed by atoms with Crippen molar-refractivity contribution in [2.45, 2.75) is 32.1 Å². The molecule has 0 aliphatic heterocycles. The van der Waals surface area contributed by atoms with Crippen LogP contribution in [-0.4, -0.2) is 18.9 Å². The molecule has 0 bridgehead atoms. The number of nitrogens with two attached hydrogens (primary N) is 1. The average Bonchev–Trinajstić information content (AvgIpc) is 2.61. The fraction of sp³-hybridized carbons (Fsp3) is 0.429. The minimum atomic E-state index is -0.406. The van der Waals surface area contributed by atoms with Gasteiger partial charge in [-0.15, -0.1) is 0 Å². The lowest BCUT2D eigenvalue weighted by Gasteiger charge is -2.14. The van der Waals surface area contributed by atoms with Crippen LogP contribution in [0, 0.1) is 0 Å². The molecule has 0 radical (unpaired) electrons. The van der Waals surface area contributed by atoms with Crippen LogP contribution in [0.1, 0.15) is 51.1 Å². The van der Waals surface area contributed by atoms with Gasteiger partial charge in [-0.25, -0.2) is 0 Å². The van der Waals surface area contributed by atoms with Crippen molar-refractivity contribution in [1.82, 2.24) is 5.32 Å². The molecule has 2 rings (SSSR count). The van der Waals surface area contributed by atoms with Gasteiger partial charge in [0, 0.05) is 18.2 Å².